The van der Waals surface area contributed by atoms with E-state index in [-0.39, 0.29) is 6.04 Å². The monoisotopic (exact) mass is 273 g/mol. The Hall–Kier alpha value is -1.45. The van der Waals surface area contributed by atoms with Crippen molar-refractivity contribution in [1.82, 2.24) is 9.97 Å². The van der Waals surface area contributed by atoms with Crippen molar-refractivity contribution in [2.45, 2.75) is 32.2 Å². The van der Waals surface area contributed by atoms with E-state index < -0.39 is 0 Å². The fourth-order valence-corrected chi connectivity index (χ4v) is 2.63. The van der Waals surface area contributed by atoms with Crippen LogP contribution in [0.15, 0.2) is 24.4 Å². The predicted octanol–water partition coefficient (Wildman–Crippen LogP) is 3.44. The minimum absolute atomic E-state index is 0.0828. The summed E-state index contributed by atoms with van der Waals surface area (Å²) in [5.41, 5.74) is 10.3. The van der Waals surface area contributed by atoms with E-state index in [0.29, 0.717) is 0 Å². The Kier molecular flexibility index (Phi) is 3.25. The summed E-state index contributed by atoms with van der Waals surface area (Å²) >= 11 is 6.15. The summed E-state index contributed by atoms with van der Waals surface area (Å²) < 4.78 is 0. The molecular formula is C15H16ClN3. The maximum Gasteiger partial charge on any atom is 0.159 e. The molecule has 3 nitrogen and oxygen atoms in total. The normalized spacial score (nSPS) is 18.2. The van der Waals surface area contributed by atoms with Gasteiger partial charge in [-0.3, -0.25) is 0 Å². The van der Waals surface area contributed by atoms with E-state index >= 15 is 0 Å². The molecule has 0 saturated carbocycles. The lowest BCUT2D eigenvalue weighted by Gasteiger charge is -2.21. The molecule has 0 saturated heterocycles. The van der Waals surface area contributed by atoms with Gasteiger partial charge in [0.05, 0.1) is 0 Å². The quantitative estimate of drug-likeness (QED) is 0.866. The summed E-state index contributed by atoms with van der Waals surface area (Å²) in [4.78, 5) is 9.09. The van der Waals surface area contributed by atoms with Crippen molar-refractivity contribution >= 4 is 11.6 Å². The summed E-state index contributed by atoms with van der Waals surface area (Å²) in [6, 6.07) is 6.00. The molecule has 0 amide bonds. The minimum atomic E-state index is 0.0828. The van der Waals surface area contributed by atoms with Gasteiger partial charge in [0.15, 0.2) is 5.82 Å². The van der Waals surface area contributed by atoms with E-state index in [2.05, 4.69) is 9.97 Å². The van der Waals surface area contributed by atoms with Crippen molar-refractivity contribution in [3.8, 4) is 11.4 Å². The molecule has 0 radical (unpaired) electrons. The Labute approximate surface area is 117 Å². The number of fused-ring (bicyclic) bond motifs is 1. The van der Waals surface area contributed by atoms with Crippen molar-refractivity contribution in [2.24, 2.45) is 5.73 Å². The van der Waals surface area contributed by atoms with Crippen molar-refractivity contribution < 1.29 is 0 Å². The highest BCUT2D eigenvalue weighted by molar-refractivity contribution is 6.31. The lowest BCUT2D eigenvalue weighted by atomic mass is 9.93. The second kappa shape index (κ2) is 4.91. The highest BCUT2D eigenvalue weighted by Crippen LogP contribution is 2.28. The Morgan fingerprint density at radius 3 is 3.00 bits per heavy atom. The first kappa shape index (κ1) is 12.6. The summed E-state index contributed by atoms with van der Waals surface area (Å²) in [6.07, 6.45) is 4.97. The molecule has 98 valence electrons. The topological polar surface area (TPSA) is 51.8 Å². The SMILES string of the molecule is Cc1ccc(-c2ncc3c(n2)CCCC3N)cc1Cl. The Morgan fingerprint density at radius 1 is 1.37 bits per heavy atom. The van der Waals surface area contributed by atoms with E-state index in [0.717, 1.165) is 52.5 Å². The van der Waals surface area contributed by atoms with Crippen molar-refractivity contribution in [3.63, 3.8) is 0 Å². The summed E-state index contributed by atoms with van der Waals surface area (Å²) in [5, 5.41) is 0.746. The van der Waals surface area contributed by atoms with Crippen LogP contribution < -0.4 is 5.73 Å². The number of nitrogens with zero attached hydrogens (tertiary/aromatic N) is 2. The maximum atomic E-state index is 6.15. The number of hydrogen-bond donors (Lipinski definition) is 1. The van der Waals surface area contributed by atoms with Gasteiger partial charge in [-0.15, -0.1) is 0 Å². The van der Waals surface area contributed by atoms with Crippen molar-refractivity contribution in [3.05, 3.63) is 46.2 Å². The molecule has 1 aliphatic carbocycles. The molecule has 1 aromatic heterocycles. The van der Waals surface area contributed by atoms with E-state index in [4.69, 9.17) is 17.3 Å². The highest BCUT2D eigenvalue weighted by Gasteiger charge is 2.19. The fourth-order valence-electron chi connectivity index (χ4n) is 2.45. The third kappa shape index (κ3) is 2.36. The molecule has 0 aliphatic heterocycles. The van der Waals surface area contributed by atoms with Gasteiger partial charge < -0.3 is 5.73 Å². The van der Waals surface area contributed by atoms with Crippen LogP contribution in [-0.2, 0) is 6.42 Å². The third-order valence-electron chi connectivity index (χ3n) is 3.66. The first-order chi connectivity index (χ1) is 9.15. The van der Waals surface area contributed by atoms with Gasteiger partial charge in [-0.25, -0.2) is 9.97 Å². The van der Waals surface area contributed by atoms with Crippen LogP contribution in [0.1, 0.15) is 35.7 Å². The zero-order chi connectivity index (χ0) is 13.4. The van der Waals surface area contributed by atoms with Gasteiger partial charge in [-0.2, -0.15) is 0 Å². The van der Waals surface area contributed by atoms with E-state index in [1.165, 1.54) is 0 Å². The molecule has 1 aromatic carbocycles. The molecule has 19 heavy (non-hydrogen) atoms. The third-order valence-corrected chi connectivity index (χ3v) is 4.07. The van der Waals surface area contributed by atoms with Crippen molar-refractivity contribution in [2.75, 3.05) is 0 Å². The molecule has 0 bridgehead atoms. The number of benzene rings is 1. The van der Waals surface area contributed by atoms with Gasteiger partial charge in [0, 0.05) is 34.1 Å². The molecule has 1 heterocycles. The summed E-state index contributed by atoms with van der Waals surface area (Å²) in [7, 11) is 0. The van der Waals surface area contributed by atoms with E-state index in [1.807, 2.05) is 31.3 Å². The number of halogens is 1. The molecule has 0 fully saturated rings. The fraction of sp³-hybridized carbons (Fsp3) is 0.333. The molecule has 4 heteroatoms. The number of nitrogens with two attached hydrogens (primary N) is 1. The van der Waals surface area contributed by atoms with Gasteiger partial charge >= 0.3 is 0 Å². The molecule has 1 aliphatic rings. The zero-order valence-corrected chi connectivity index (χ0v) is 11.6. The maximum absolute atomic E-state index is 6.15. The Morgan fingerprint density at radius 2 is 2.21 bits per heavy atom. The summed E-state index contributed by atoms with van der Waals surface area (Å²) in [6.45, 7) is 1.98. The van der Waals surface area contributed by atoms with Crippen LogP contribution in [0.2, 0.25) is 5.02 Å². The van der Waals surface area contributed by atoms with Gasteiger partial charge in [-0.05, 0) is 37.8 Å². The van der Waals surface area contributed by atoms with Crippen LogP contribution >= 0.6 is 11.6 Å². The number of hydrogen-bond acceptors (Lipinski definition) is 3. The first-order valence-electron chi connectivity index (χ1n) is 6.53. The van der Waals surface area contributed by atoms with Crippen LogP contribution in [0.25, 0.3) is 11.4 Å². The number of aromatic nitrogens is 2. The average Bonchev–Trinajstić information content (AvgIpc) is 2.42. The molecular weight excluding hydrogens is 258 g/mol. The second-order valence-corrected chi connectivity index (χ2v) is 5.47. The largest absolute Gasteiger partial charge is 0.324 e. The van der Waals surface area contributed by atoms with Crippen molar-refractivity contribution in [1.29, 1.82) is 0 Å². The highest BCUT2D eigenvalue weighted by atomic mass is 35.5. The second-order valence-electron chi connectivity index (χ2n) is 5.06. The standard InChI is InChI=1S/C15H16ClN3/c1-9-5-6-10(7-12(9)16)15-18-8-11-13(17)3-2-4-14(11)19-15/h5-8,13H,2-4,17H2,1H3. The van der Waals surface area contributed by atoms with Gasteiger partial charge in [0.25, 0.3) is 0 Å². The van der Waals surface area contributed by atoms with Gasteiger partial charge in [0.1, 0.15) is 0 Å². The van der Waals surface area contributed by atoms with Gasteiger partial charge in [-0.1, -0.05) is 23.7 Å². The molecule has 2 N–H and O–H groups in total. The lowest BCUT2D eigenvalue weighted by Crippen LogP contribution is -2.19. The lowest BCUT2D eigenvalue weighted by molar-refractivity contribution is 0.557. The van der Waals surface area contributed by atoms with E-state index in [9.17, 15) is 0 Å². The van der Waals surface area contributed by atoms with E-state index in [1.54, 1.807) is 0 Å². The predicted molar refractivity (Wildman–Crippen MR) is 77.1 cm³/mol. The molecule has 3 rings (SSSR count). The molecule has 0 spiro atoms. The summed E-state index contributed by atoms with van der Waals surface area (Å²) in [5.74, 6) is 0.731. The molecule has 1 unspecified atom stereocenters. The zero-order valence-electron chi connectivity index (χ0n) is 10.9. The van der Waals surface area contributed by atoms with Crippen LogP contribution in [-0.4, -0.2) is 9.97 Å². The van der Waals surface area contributed by atoms with Crippen LogP contribution in [0, 0.1) is 6.92 Å². The van der Waals surface area contributed by atoms with Crippen LogP contribution in [0.4, 0.5) is 0 Å². The van der Waals surface area contributed by atoms with Gasteiger partial charge in [0.2, 0.25) is 0 Å². The Balaban J connectivity index is 2.04. The first-order valence-corrected chi connectivity index (χ1v) is 6.91. The van der Waals surface area contributed by atoms with Crippen LogP contribution in [0.5, 0.6) is 0 Å². The number of aryl methyl sites for hydroxylation is 2. The average molecular weight is 274 g/mol. The Bertz CT molecular complexity index is 625. The van der Waals surface area contributed by atoms with Crippen LogP contribution in [0.3, 0.4) is 0 Å². The molecule has 1 atom stereocenters. The minimum Gasteiger partial charge on any atom is -0.324 e. The number of rotatable bonds is 1. The smallest absolute Gasteiger partial charge is 0.159 e. The molecule has 2 aromatic rings.